The maximum Gasteiger partial charge on any atom is 0.230 e. The monoisotopic (exact) mass is 267 g/mol. The molecule has 1 aromatic heterocycles. The Kier molecular flexibility index (Phi) is 5.25. The summed E-state index contributed by atoms with van der Waals surface area (Å²) in [6.45, 7) is 2.06. The van der Waals surface area contributed by atoms with Gasteiger partial charge in [0.2, 0.25) is 10.0 Å². The van der Waals surface area contributed by atoms with Crippen molar-refractivity contribution in [2.45, 2.75) is 25.0 Å². The minimum absolute atomic E-state index is 0.304. The number of nitriles is 1. The fourth-order valence-corrected chi connectivity index (χ4v) is 2.88. The highest BCUT2D eigenvalue weighted by atomic mass is 32.2. The third-order valence-electron chi connectivity index (χ3n) is 2.77. The number of likely N-dealkylation sites (N-methyl/N-ethyl adjacent to an activating group) is 1. The summed E-state index contributed by atoms with van der Waals surface area (Å²) in [7, 11) is -2.00. The Bertz CT molecular complexity index is 508. The maximum absolute atomic E-state index is 12.0. The molecule has 98 valence electrons. The molecular formula is C12H17N3O2S. The molecule has 0 saturated heterocycles. The second-order valence-electron chi connectivity index (χ2n) is 4.00. The zero-order valence-electron chi connectivity index (χ0n) is 10.6. The molecule has 0 aliphatic carbocycles. The average Bonchev–Trinajstić information content (AvgIpc) is 2.38. The van der Waals surface area contributed by atoms with Crippen LogP contribution in [-0.2, 0) is 16.4 Å². The van der Waals surface area contributed by atoms with Gasteiger partial charge in [0.25, 0.3) is 0 Å². The highest BCUT2D eigenvalue weighted by Crippen LogP contribution is 2.11. The SMILES string of the molecule is CCC(C#N)S(=O)(=O)N(C)CCc1ccncc1. The third-order valence-corrected chi connectivity index (χ3v) is 4.98. The van der Waals surface area contributed by atoms with Crippen LogP contribution in [0.2, 0.25) is 0 Å². The van der Waals surface area contributed by atoms with Gasteiger partial charge in [-0.1, -0.05) is 6.92 Å². The number of sulfonamides is 1. The third kappa shape index (κ3) is 3.52. The van der Waals surface area contributed by atoms with Crippen molar-refractivity contribution in [3.8, 4) is 6.07 Å². The van der Waals surface area contributed by atoms with E-state index < -0.39 is 15.3 Å². The van der Waals surface area contributed by atoms with Gasteiger partial charge in [-0.3, -0.25) is 4.98 Å². The van der Waals surface area contributed by atoms with Crippen LogP contribution in [0.15, 0.2) is 24.5 Å². The molecule has 0 N–H and O–H groups in total. The van der Waals surface area contributed by atoms with Gasteiger partial charge in [0.15, 0.2) is 5.25 Å². The van der Waals surface area contributed by atoms with Gasteiger partial charge in [0, 0.05) is 26.0 Å². The summed E-state index contributed by atoms with van der Waals surface area (Å²) in [5.74, 6) is 0. The summed E-state index contributed by atoms with van der Waals surface area (Å²) >= 11 is 0. The standard InChI is InChI=1S/C12H17N3O2S/c1-3-12(10-13)18(16,17)15(2)9-6-11-4-7-14-8-5-11/h4-5,7-8,12H,3,6,9H2,1-2H3. The van der Waals surface area contributed by atoms with Crippen LogP contribution in [0, 0.1) is 11.3 Å². The second kappa shape index (κ2) is 6.47. The summed E-state index contributed by atoms with van der Waals surface area (Å²) in [6.07, 6.45) is 4.26. The smallest absolute Gasteiger partial charge is 0.230 e. The van der Waals surface area contributed by atoms with Crippen LogP contribution in [0.1, 0.15) is 18.9 Å². The molecule has 1 atom stereocenters. The highest BCUT2D eigenvalue weighted by molar-refractivity contribution is 7.89. The van der Waals surface area contributed by atoms with Crippen LogP contribution in [0.25, 0.3) is 0 Å². The van der Waals surface area contributed by atoms with Crippen LogP contribution in [0.3, 0.4) is 0 Å². The largest absolute Gasteiger partial charge is 0.265 e. The molecule has 0 aromatic carbocycles. The van der Waals surface area contributed by atoms with Crippen molar-refractivity contribution in [2.75, 3.05) is 13.6 Å². The van der Waals surface area contributed by atoms with Crippen LogP contribution in [-0.4, -0.2) is 36.5 Å². The topological polar surface area (TPSA) is 74.1 Å². The molecule has 1 rings (SSSR count). The first-order valence-corrected chi connectivity index (χ1v) is 7.26. The van der Waals surface area contributed by atoms with Crippen molar-refractivity contribution in [3.05, 3.63) is 30.1 Å². The Hall–Kier alpha value is -1.45. The molecule has 18 heavy (non-hydrogen) atoms. The first-order chi connectivity index (χ1) is 8.52. The predicted octanol–water partition coefficient (Wildman–Crippen LogP) is 1.19. The summed E-state index contributed by atoms with van der Waals surface area (Å²) in [6, 6.07) is 5.53. The average molecular weight is 267 g/mol. The van der Waals surface area contributed by atoms with Crippen LogP contribution in [0.5, 0.6) is 0 Å². The number of hydrogen-bond acceptors (Lipinski definition) is 4. The van der Waals surface area contributed by atoms with Gasteiger partial charge in [-0.2, -0.15) is 5.26 Å². The molecule has 0 saturated carbocycles. The van der Waals surface area contributed by atoms with E-state index in [9.17, 15) is 8.42 Å². The van der Waals surface area contributed by atoms with Crippen molar-refractivity contribution < 1.29 is 8.42 Å². The van der Waals surface area contributed by atoms with Crippen LogP contribution >= 0.6 is 0 Å². The van der Waals surface area contributed by atoms with E-state index in [1.165, 1.54) is 11.4 Å². The van der Waals surface area contributed by atoms with Gasteiger partial charge in [0.1, 0.15) is 0 Å². The Balaban J connectivity index is 2.66. The molecule has 0 aliphatic rings. The van der Waals surface area contributed by atoms with Gasteiger partial charge in [-0.25, -0.2) is 12.7 Å². The van der Waals surface area contributed by atoms with Crippen LogP contribution < -0.4 is 0 Å². The quantitative estimate of drug-likeness (QED) is 0.776. The zero-order valence-corrected chi connectivity index (χ0v) is 11.4. The Morgan fingerprint density at radius 1 is 1.44 bits per heavy atom. The van der Waals surface area contributed by atoms with E-state index in [4.69, 9.17) is 5.26 Å². The summed E-state index contributed by atoms with van der Waals surface area (Å²) in [4.78, 5) is 3.90. The van der Waals surface area contributed by atoms with Gasteiger partial charge in [0.05, 0.1) is 6.07 Å². The van der Waals surface area contributed by atoms with E-state index in [-0.39, 0.29) is 0 Å². The summed E-state index contributed by atoms with van der Waals surface area (Å²) < 4.78 is 25.3. The molecule has 1 heterocycles. The van der Waals surface area contributed by atoms with Gasteiger partial charge in [-0.15, -0.1) is 0 Å². The summed E-state index contributed by atoms with van der Waals surface area (Å²) in [5, 5.41) is 7.87. The van der Waals surface area contributed by atoms with E-state index >= 15 is 0 Å². The van der Waals surface area contributed by atoms with Crippen molar-refractivity contribution in [2.24, 2.45) is 0 Å². The Labute approximate surface area is 108 Å². The maximum atomic E-state index is 12.0. The minimum Gasteiger partial charge on any atom is -0.265 e. The Morgan fingerprint density at radius 2 is 2.06 bits per heavy atom. The minimum atomic E-state index is -3.51. The lowest BCUT2D eigenvalue weighted by molar-refractivity contribution is 0.466. The fourth-order valence-electron chi connectivity index (χ4n) is 1.55. The fraction of sp³-hybridized carbons (Fsp3) is 0.500. The molecule has 1 aromatic rings. The molecule has 0 bridgehead atoms. The number of aromatic nitrogens is 1. The number of pyridine rings is 1. The molecule has 0 fully saturated rings. The molecule has 6 heteroatoms. The molecule has 0 amide bonds. The van der Waals surface area contributed by atoms with Gasteiger partial charge >= 0.3 is 0 Å². The first-order valence-electron chi connectivity index (χ1n) is 5.76. The second-order valence-corrected chi connectivity index (χ2v) is 6.22. The van der Waals surface area contributed by atoms with E-state index in [1.54, 1.807) is 19.3 Å². The van der Waals surface area contributed by atoms with Crippen molar-refractivity contribution in [1.29, 1.82) is 5.26 Å². The van der Waals surface area contributed by atoms with Crippen molar-refractivity contribution in [1.82, 2.24) is 9.29 Å². The van der Waals surface area contributed by atoms with Gasteiger partial charge in [-0.05, 0) is 30.5 Å². The first kappa shape index (κ1) is 14.6. The molecular weight excluding hydrogens is 250 g/mol. The van der Waals surface area contributed by atoms with E-state index in [0.717, 1.165) is 5.56 Å². The molecule has 5 nitrogen and oxygen atoms in total. The van der Waals surface area contributed by atoms with Crippen molar-refractivity contribution >= 4 is 10.0 Å². The zero-order chi connectivity index (χ0) is 13.6. The molecule has 0 aliphatic heterocycles. The number of rotatable bonds is 6. The van der Waals surface area contributed by atoms with E-state index in [2.05, 4.69) is 4.98 Å². The summed E-state index contributed by atoms with van der Waals surface area (Å²) in [5.41, 5.74) is 1.03. The lowest BCUT2D eigenvalue weighted by Gasteiger charge is -2.19. The molecule has 0 radical (unpaired) electrons. The number of nitrogens with zero attached hydrogens (tertiary/aromatic N) is 3. The normalized spacial score (nSPS) is 13.2. The lowest BCUT2D eigenvalue weighted by Crippen LogP contribution is -2.36. The molecule has 0 spiro atoms. The number of hydrogen-bond donors (Lipinski definition) is 0. The van der Waals surface area contributed by atoms with Crippen molar-refractivity contribution in [3.63, 3.8) is 0 Å². The molecule has 1 unspecified atom stereocenters. The lowest BCUT2D eigenvalue weighted by atomic mass is 10.2. The van der Waals surface area contributed by atoms with E-state index in [1.807, 2.05) is 18.2 Å². The Morgan fingerprint density at radius 3 is 2.56 bits per heavy atom. The van der Waals surface area contributed by atoms with E-state index in [0.29, 0.717) is 19.4 Å². The van der Waals surface area contributed by atoms with Crippen LogP contribution in [0.4, 0.5) is 0 Å². The highest BCUT2D eigenvalue weighted by Gasteiger charge is 2.27. The predicted molar refractivity (Wildman–Crippen MR) is 69.2 cm³/mol. The van der Waals surface area contributed by atoms with Gasteiger partial charge < -0.3 is 0 Å².